The van der Waals surface area contributed by atoms with Crippen LogP contribution in [0.3, 0.4) is 0 Å². The van der Waals surface area contributed by atoms with Gasteiger partial charge in [-0.15, -0.1) is 0 Å². The summed E-state index contributed by atoms with van der Waals surface area (Å²) in [6.07, 6.45) is 2.15. The summed E-state index contributed by atoms with van der Waals surface area (Å²) in [5.74, 6) is 0.215. The molecule has 130 valence electrons. The second kappa shape index (κ2) is 7.76. The lowest BCUT2D eigenvalue weighted by molar-refractivity contribution is -0.384. The molecule has 1 atom stereocenters. The number of amides is 1. The predicted molar refractivity (Wildman–Crippen MR) is 92.0 cm³/mol. The number of nitrogens with one attached hydrogen (secondary N) is 1. The molecule has 1 unspecified atom stereocenters. The van der Waals surface area contributed by atoms with Crippen molar-refractivity contribution in [3.63, 3.8) is 0 Å². The maximum absolute atomic E-state index is 12.3. The highest BCUT2D eigenvalue weighted by Gasteiger charge is 2.16. The molecule has 1 fully saturated rings. The van der Waals surface area contributed by atoms with E-state index in [1.807, 2.05) is 0 Å². The van der Waals surface area contributed by atoms with Gasteiger partial charge in [-0.25, -0.2) is 0 Å². The number of ether oxygens (including phenoxy) is 2. The van der Waals surface area contributed by atoms with E-state index in [4.69, 9.17) is 9.47 Å². The van der Waals surface area contributed by atoms with Crippen LogP contribution in [0.15, 0.2) is 48.5 Å². The molecule has 0 radical (unpaired) electrons. The van der Waals surface area contributed by atoms with Crippen LogP contribution in [-0.4, -0.2) is 30.1 Å². The Morgan fingerprint density at radius 1 is 1.28 bits per heavy atom. The molecule has 0 aromatic heterocycles. The first-order valence-corrected chi connectivity index (χ1v) is 8.02. The van der Waals surface area contributed by atoms with Gasteiger partial charge < -0.3 is 14.8 Å². The van der Waals surface area contributed by atoms with E-state index in [1.165, 1.54) is 24.3 Å². The first kappa shape index (κ1) is 16.9. The Labute approximate surface area is 144 Å². The van der Waals surface area contributed by atoms with Gasteiger partial charge in [0, 0.05) is 36.1 Å². The van der Waals surface area contributed by atoms with Crippen molar-refractivity contribution in [2.75, 3.05) is 18.5 Å². The zero-order chi connectivity index (χ0) is 17.6. The quantitative estimate of drug-likeness (QED) is 0.642. The van der Waals surface area contributed by atoms with Crippen molar-refractivity contribution < 1.29 is 19.2 Å². The molecule has 1 N–H and O–H groups in total. The SMILES string of the molecule is O=C(Nc1cccc(OCC2CCCO2)c1)c1cccc([N+](=O)[O-])c1. The molecule has 1 aliphatic heterocycles. The van der Waals surface area contributed by atoms with Crippen LogP contribution < -0.4 is 10.1 Å². The first-order valence-electron chi connectivity index (χ1n) is 8.02. The van der Waals surface area contributed by atoms with Crippen molar-refractivity contribution in [3.8, 4) is 5.75 Å². The molecule has 7 nitrogen and oxygen atoms in total. The molecule has 0 aliphatic carbocycles. The molecular weight excluding hydrogens is 324 g/mol. The molecule has 3 rings (SSSR count). The molecule has 1 saturated heterocycles. The van der Waals surface area contributed by atoms with Gasteiger partial charge in [-0.1, -0.05) is 12.1 Å². The van der Waals surface area contributed by atoms with E-state index >= 15 is 0 Å². The lowest BCUT2D eigenvalue weighted by atomic mass is 10.2. The molecule has 1 amide bonds. The minimum atomic E-state index is -0.531. The number of benzene rings is 2. The molecular formula is C18H18N2O5. The van der Waals surface area contributed by atoms with Gasteiger partial charge in [-0.3, -0.25) is 14.9 Å². The van der Waals surface area contributed by atoms with Gasteiger partial charge in [0.15, 0.2) is 0 Å². The molecule has 2 aromatic rings. The summed E-state index contributed by atoms with van der Waals surface area (Å²) >= 11 is 0. The number of hydrogen-bond acceptors (Lipinski definition) is 5. The van der Waals surface area contributed by atoms with Crippen molar-refractivity contribution in [1.82, 2.24) is 0 Å². The molecule has 7 heteroatoms. The van der Waals surface area contributed by atoms with E-state index in [-0.39, 0.29) is 17.4 Å². The normalized spacial score (nSPS) is 16.4. The fourth-order valence-corrected chi connectivity index (χ4v) is 2.59. The van der Waals surface area contributed by atoms with Crippen molar-refractivity contribution in [1.29, 1.82) is 0 Å². The zero-order valence-electron chi connectivity index (χ0n) is 13.5. The monoisotopic (exact) mass is 342 g/mol. The van der Waals surface area contributed by atoms with Crippen LogP contribution in [0.5, 0.6) is 5.75 Å². The average molecular weight is 342 g/mol. The second-order valence-electron chi connectivity index (χ2n) is 5.74. The van der Waals surface area contributed by atoms with Gasteiger partial charge in [-0.05, 0) is 31.0 Å². The average Bonchev–Trinajstić information content (AvgIpc) is 3.14. The van der Waals surface area contributed by atoms with E-state index in [9.17, 15) is 14.9 Å². The highest BCUT2D eigenvalue weighted by molar-refractivity contribution is 6.04. The van der Waals surface area contributed by atoms with Crippen LogP contribution in [-0.2, 0) is 4.74 Å². The van der Waals surface area contributed by atoms with Gasteiger partial charge >= 0.3 is 0 Å². The lowest BCUT2D eigenvalue weighted by Gasteiger charge is -2.12. The fraction of sp³-hybridized carbons (Fsp3) is 0.278. The Hall–Kier alpha value is -2.93. The minimum Gasteiger partial charge on any atom is -0.491 e. The summed E-state index contributed by atoms with van der Waals surface area (Å²) in [6.45, 7) is 1.25. The number of nitrogens with zero attached hydrogens (tertiary/aromatic N) is 1. The van der Waals surface area contributed by atoms with Gasteiger partial charge in [0.25, 0.3) is 11.6 Å². The molecule has 25 heavy (non-hydrogen) atoms. The predicted octanol–water partition coefficient (Wildman–Crippen LogP) is 3.40. The number of anilines is 1. The second-order valence-corrected chi connectivity index (χ2v) is 5.74. The molecule has 1 heterocycles. The third kappa shape index (κ3) is 4.54. The van der Waals surface area contributed by atoms with E-state index < -0.39 is 10.8 Å². The third-order valence-electron chi connectivity index (χ3n) is 3.87. The van der Waals surface area contributed by atoms with Gasteiger partial charge in [-0.2, -0.15) is 0 Å². The summed E-state index contributed by atoms with van der Waals surface area (Å²) in [7, 11) is 0. The van der Waals surface area contributed by atoms with Gasteiger partial charge in [0.05, 0.1) is 11.0 Å². The molecule has 1 aliphatic rings. The summed E-state index contributed by atoms with van der Waals surface area (Å²) in [5.41, 5.74) is 0.655. The number of carbonyl (C=O) groups is 1. The highest BCUT2D eigenvalue weighted by atomic mass is 16.6. The Kier molecular flexibility index (Phi) is 5.25. The zero-order valence-corrected chi connectivity index (χ0v) is 13.5. The summed E-state index contributed by atoms with van der Waals surface area (Å²) in [5, 5.41) is 13.5. The number of rotatable bonds is 6. The third-order valence-corrected chi connectivity index (χ3v) is 3.87. The number of non-ortho nitro benzene ring substituents is 1. The molecule has 2 aromatic carbocycles. The summed E-state index contributed by atoms with van der Waals surface area (Å²) in [6, 6.07) is 12.6. The van der Waals surface area contributed by atoms with Crippen molar-refractivity contribution >= 4 is 17.3 Å². The Morgan fingerprint density at radius 3 is 2.88 bits per heavy atom. The highest BCUT2D eigenvalue weighted by Crippen LogP contribution is 2.21. The van der Waals surface area contributed by atoms with Crippen LogP contribution in [0, 0.1) is 10.1 Å². The summed E-state index contributed by atoms with van der Waals surface area (Å²) in [4.78, 5) is 22.5. The number of nitro benzene ring substituents is 1. The van der Waals surface area contributed by atoms with E-state index in [0.717, 1.165) is 19.4 Å². The van der Waals surface area contributed by atoms with E-state index in [1.54, 1.807) is 24.3 Å². The summed E-state index contributed by atoms with van der Waals surface area (Å²) < 4.78 is 11.2. The van der Waals surface area contributed by atoms with Crippen LogP contribution in [0.2, 0.25) is 0 Å². The Balaban J connectivity index is 1.63. The van der Waals surface area contributed by atoms with Gasteiger partial charge in [0.2, 0.25) is 0 Å². The van der Waals surface area contributed by atoms with Gasteiger partial charge in [0.1, 0.15) is 12.4 Å². The number of carbonyl (C=O) groups excluding carboxylic acids is 1. The van der Waals surface area contributed by atoms with Crippen LogP contribution in [0.1, 0.15) is 23.2 Å². The van der Waals surface area contributed by atoms with Crippen molar-refractivity contribution in [3.05, 3.63) is 64.2 Å². The van der Waals surface area contributed by atoms with Crippen LogP contribution in [0.4, 0.5) is 11.4 Å². The Bertz CT molecular complexity index is 772. The minimum absolute atomic E-state index is 0.114. The molecule has 0 saturated carbocycles. The topological polar surface area (TPSA) is 90.7 Å². The lowest BCUT2D eigenvalue weighted by Crippen LogP contribution is -2.16. The van der Waals surface area contributed by atoms with Crippen LogP contribution in [0.25, 0.3) is 0 Å². The number of hydrogen-bond donors (Lipinski definition) is 1. The smallest absolute Gasteiger partial charge is 0.270 e. The largest absolute Gasteiger partial charge is 0.491 e. The standard InChI is InChI=1S/C18H18N2O5/c21-18(13-4-1-6-15(10-13)20(22)23)19-14-5-2-7-16(11-14)25-12-17-8-3-9-24-17/h1-2,4-7,10-11,17H,3,8-9,12H2,(H,19,21). The maximum Gasteiger partial charge on any atom is 0.270 e. The van der Waals surface area contributed by atoms with Crippen molar-refractivity contribution in [2.45, 2.75) is 18.9 Å². The van der Waals surface area contributed by atoms with Crippen LogP contribution >= 0.6 is 0 Å². The van der Waals surface area contributed by atoms with E-state index in [0.29, 0.717) is 18.0 Å². The van der Waals surface area contributed by atoms with Crippen molar-refractivity contribution in [2.24, 2.45) is 0 Å². The molecule has 0 spiro atoms. The van der Waals surface area contributed by atoms with E-state index in [2.05, 4.69) is 5.32 Å². The molecule has 0 bridgehead atoms. The maximum atomic E-state index is 12.3. The fourth-order valence-electron chi connectivity index (χ4n) is 2.59. The Morgan fingerprint density at radius 2 is 2.12 bits per heavy atom. The first-order chi connectivity index (χ1) is 12.1. The number of nitro groups is 1.